The van der Waals surface area contributed by atoms with Gasteiger partial charge in [-0.25, -0.2) is 0 Å². The van der Waals surface area contributed by atoms with E-state index in [1.54, 1.807) is 0 Å². The third kappa shape index (κ3) is 3.62. The maximum atomic E-state index is 5.85. The summed E-state index contributed by atoms with van der Waals surface area (Å²) in [6, 6.07) is 18.1. The van der Waals surface area contributed by atoms with E-state index in [0.29, 0.717) is 0 Å². The van der Waals surface area contributed by atoms with Gasteiger partial charge < -0.3 is 10.5 Å². The standard InChI is InChI=1S/C12H11N.C2H5BO2/c13-12-9-5-4-8-11(12)10-6-2-1-3-7-10;1-2-4-5-3-1/h1-9H,13H2;3H,1-2H2. The van der Waals surface area contributed by atoms with Crippen LogP contribution in [0.5, 0.6) is 0 Å². The van der Waals surface area contributed by atoms with Gasteiger partial charge in [-0.2, -0.15) is 0 Å². The second kappa shape index (κ2) is 6.84. The Bertz CT molecular complexity index is 465. The van der Waals surface area contributed by atoms with E-state index in [-0.39, 0.29) is 0 Å². The molecule has 2 aromatic rings. The van der Waals surface area contributed by atoms with Crippen molar-refractivity contribution < 1.29 is 9.69 Å². The smallest absolute Gasteiger partial charge is 0.325 e. The minimum absolute atomic E-state index is 0.778. The predicted octanol–water partition coefficient (Wildman–Crippen LogP) is 2.65. The quantitative estimate of drug-likeness (QED) is 0.474. The Kier molecular flexibility index (Phi) is 4.82. The number of hydrogen-bond donors (Lipinski definition) is 1. The first-order chi connectivity index (χ1) is 8.88. The normalized spacial score (nSPS) is 13.3. The summed E-state index contributed by atoms with van der Waals surface area (Å²) in [5.41, 5.74) is 8.95. The topological polar surface area (TPSA) is 44.5 Å². The summed E-state index contributed by atoms with van der Waals surface area (Å²) in [7, 11) is 0.778. The largest absolute Gasteiger partial charge is 0.398 e. The van der Waals surface area contributed by atoms with Crippen LogP contribution in [0.3, 0.4) is 0 Å². The van der Waals surface area contributed by atoms with Crippen LogP contribution in [0, 0.1) is 0 Å². The molecule has 4 heteroatoms. The second-order valence-electron chi connectivity index (χ2n) is 3.95. The number of nitrogens with two attached hydrogens (primary N) is 1. The Labute approximate surface area is 108 Å². The molecule has 0 spiro atoms. The maximum Gasteiger partial charge on any atom is 0.325 e. The van der Waals surface area contributed by atoms with E-state index in [1.165, 1.54) is 5.56 Å². The fourth-order valence-corrected chi connectivity index (χ4v) is 1.67. The number of benzene rings is 2. The van der Waals surface area contributed by atoms with E-state index in [0.717, 1.165) is 31.7 Å². The van der Waals surface area contributed by atoms with Crippen LogP contribution in [0.15, 0.2) is 54.6 Å². The van der Waals surface area contributed by atoms with E-state index in [9.17, 15) is 0 Å². The molecule has 0 amide bonds. The van der Waals surface area contributed by atoms with Crippen molar-refractivity contribution in [2.24, 2.45) is 0 Å². The third-order valence-electron chi connectivity index (χ3n) is 2.58. The van der Waals surface area contributed by atoms with Crippen LogP contribution in [0.2, 0.25) is 6.32 Å². The Morgan fingerprint density at radius 1 is 0.944 bits per heavy atom. The molecule has 2 N–H and O–H groups in total. The molecular formula is C14H16BNO2. The lowest BCUT2D eigenvalue weighted by Gasteiger charge is -2.03. The molecule has 0 aromatic heterocycles. The van der Waals surface area contributed by atoms with E-state index in [1.807, 2.05) is 42.5 Å². The molecule has 0 atom stereocenters. The molecule has 0 radical (unpaired) electrons. The molecule has 18 heavy (non-hydrogen) atoms. The minimum Gasteiger partial charge on any atom is -0.398 e. The van der Waals surface area contributed by atoms with E-state index in [2.05, 4.69) is 21.8 Å². The summed E-state index contributed by atoms with van der Waals surface area (Å²) in [5.74, 6) is 0. The second-order valence-corrected chi connectivity index (χ2v) is 3.95. The van der Waals surface area contributed by atoms with Crippen molar-refractivity contribution in [3.05, 3.63) is 54.6 Å². The van der Waals surface area contributed by atoms with Crippen LogP contribution in [-0.2, 0) is 9.69 Å². The molecule has 1 heterocycles. The molecule has 1 aliphatic heterocycles. The SMILES string of the molecule is B1CCOO1.Nc1ccccc1-c1ccccc1. The Morgan fingerprint density at radius 2 is 1.67 bits per heavy atom. The highest BCUT2D eigenvalue weighted by molar-refractivity contribution is 6.27. The number of nitrogen functional groups attached to an aromatic ring is 1. The number of anilines is 1. The zero-order chi connectivity index (χ0) is 12.6. The Hall–Kier alpha value is -1.78. The molecule has 1 saturated heterocycles. The van der Waals surface area contributed by atoms with Gasteiger partial charge >= 0.3 is 7.48 Å². The van der Waals surface area contributed by atoms with Gasteiger partial charge in [0.2, 0.25) is 0 Å². The number of para-hydroxylation sites is 1. The van der Waals surface area contributed by atoms with Gasteiger partial charge in [-0.1, -0.05) is 48.5 Å². The number of hydrogen-bond acceptors (Lipinski definition) is 3. The average molecular weight is 241 g/mol. The molecule has 0 aliphatic carbocycles. The minimum atomic E-state index is 0.778. The van der Waals surface area contributed by atoms with E-state index < -0.39 is 0 Å². The maximum absolute atomic E-state index is 5.85. The zero-order valence-corrected chi connectivity index (χ0v) is 10.2. The molecule has 3 nitrogen and oxygen atoms in total. The highest BCUT2D eigenvalue weighted by atomic mass is 17.2. The molecule has 0 bridgehead atoms. The summed E-state index contributed by atoms with van der Waals surface area (Å²) in [6.45, 7) is 0.778. The van der Waals surface area contributed by atoms with Gasteiger partial charge in [0.05, 0.1) is 6.61 Å². The van der Waals surface area contributed by atoms with Gasteiger partial charge in [0.15, 0.2) is 0 Å². The predicted molar refractivity (Wildman–Crippen MR) is 75.3 cm³/mol. The highest BCUT2D eigenvalue weighted by Crippen LogP contribution is 2.24. The van der Waals surface area contributed by atoms with Gasteiger partial charge in [0, 0.05) is 11.3 Å². The van der Waals surface area contributed by atoms with Crippen LogP contribution in [-0.4, -0.2) is 14.1 Å². The summed E-state index contributed by atoms with van der Waals surface area (Å²) in [4.78, 5) is 8.89. The lowest BCUT2D eigenvalue weighted by atomic mass is 9.99. The molecule has 92 valence electrons. The van der Waals surface area contributed by atoms with Crippen molar-refractivity contribution in [3.8, 4) is 11.1 Å². The van der Waals surface area contributed by atoms with Crippen molar-refractivity contribution in [3.63, 3.8) is 0 Å². The molecule has 3 rings (SSSR count). The van der Waals surface area contributed by atoms with Crippen molar-refractivity contribution in [1.82, 2.24) is 0 Å². The number of rotatable bonds is 1. The first-order valence-corrected chi connectivity index (χ1v) is 6.02. The zero-order valence-electron chi connectivity index (χ0n) is 10.2. The highest BCUT2D eigenvalue weighted by Gasteiger charge is 2.00. The van der Waals surface area contributed by atoms with Crippen LogP contribution in [0.25, 0.3) is 11.1 Å². The monoisotopic (exact) mass is 241 g/mol. The van der Waals surface area contributed by atoms with Crippen LogP contribution < -0.4 is 5.73 Å². The lowest BCUT2D eigenvalue weighted by molar-refractivity contribution is -0.181. The van der Waals surface area contributed by atoms with Crippen molar-refractivity contribution in [1.29, 1.82) is 0 Å². The molecule has 0 saturated carbocycles. The van der Waals surface area contributed by atoms with Crippen LogP contribution >= 0.6 is 0 Å². The van der Waals surface area contributed by atoms with Gasteiger partial charge in [0.1, 0.15) is 0 Å². The van der Waals surface area contributed by atoms with Gasteiger partial charge in [-0.05, 0) is 17.9 Å². The van der Waals surface area contributed by atoms with Gasteiger partial charge in [0.25, 0.3) is 0 Å². The van der Waals surface area contributed by atoms with Gasteiger partial charge in [-0.3, -0.25) is 4.89 Å². The molecule has 2 aromatic carbocycles. The van der Waals surface area contributed by atoms with Crippen LogP contribution in [0.4, 0.5) is 5.69 Å². The van der Waals surface area contributed by atoms with E-state index >= 15 is 0 Å². The molecule has 0 unspecified atom stereocenters. The third-order valence-corrected chi connectivity index (χ3v) is 2.58. The fourth-order valence-electron chi connectivity index (χ4n) is 1.67. The molecule has 1 aliphatic rings. The van der Waals surface area contributed by atoms with Crippen LogP contribution in [0.1, 0.15) is 0 Å². The lowest BCUT2D eigenvalue weighted by Crippen LogP contribution is -1.88. The summed E-state index contributed by atoms with van der Waals surface area (Å²) < 4.78 is 0. The summed E-state index contributed by atoms with van der Waals surface area (Å²) in [5, 5.41) is 0. The summed E-state index contributed by atoms with van der Waals surface area (Å²) in [6.07, 6.45) is 1.06. The first-order valence-electron chi connectivity index (χ1n) is 6.02. The fraction of sp³-hybridized carbons (Fsp3) is 0.143. The summed E-state index contributed by atoms with van der Waals surface area (Å²) >= 11 is 0. The van der Waals surface area contributed by atoms with Gasteiger partial charge in [-0.15, -0.1) is 0 Å². The Morgan fingerprint density at radius 3 is 2.22 bits per heavy atom. The first kappa shape index (κ1) is 12.7. The Balaban J connectivity index is 0.000000202. The average Bonchev–Trinajstić information content (AvgIpc) is 2.99. The van der Waals surface area contributed by atoms with E-state index in [4.69, 9.17) is 5.73 Å². The molecule has 1 fully saturated rings. The molecular weight excluding hydrogens is 225 g/mol. The van der Waals surface area contributed by atoms with Crippen molar-refractivity contribution >= 4 is 13.2 Å². The van der Waals surface area contributed by atoms with Crippen molar-refractivity contribution in [2.45, 2.75) is 6.32 Å². The van der Waals surface area contributed by atoms with Crippen molar-refractivity contribution in [2.75, 3.05) is 12.3 Å².